The van der Waals surface area contributed by atoms with E-state index in [1.807, 2.05) is 6.07 Å². The van der Waals surface area contributed by atoms with E-state index in [-0.39, 0.29) is 16.9 Å². The second kappa shape index (κ2) is 8.10. The van der Waals surface area contributed by atoms with Crippen LogP contribution in [0.5, 0.6) is 5.75 Å². The van der Waals surface area contributed by atoms with E-state index in [0.29, 0.717) is 30.0 Å². The first kappa shape index (κ1) is 19.8. The number of hydrogen-bond donors (Lipinski definition) is 2. The van der Waals surface area contributed by atoms with E-state index >= 15 is 0 Å². The molecule has 0 saturated carbocycles. The fourth-order valence-corrected chi connectivity index (χ4v) is 3.73. The summed E-state index contributed by atoms with van der Waals surface area (Å²) in [6.45, 7) is 4.21. The third-order valence-corrected chi connectivity index (χ3v) is 5.17. The zero-order chi connectivity index (χ0) is 21.3. The van der Waals surface area contributed by atoms with Gasteiger partial charge in [0.15, 0.2) is 0 Å². The number of pyridine rings is 2. The van der Waals surface area contributed by atoms with Crippen molar-refractivity contribution < 1.29 is 13.9 Å². The molecule has 1 aliphatic heterocycles. The van der Waals surface area contributed by atoms with Crippen LogP contribution in [0.4, 0.5) is 15.9 Å². The number of primary amides is 1. The lowest BCUT2D eigenvalue weighted by Gasteiger charge is -2.17. The van der Waals surface area contributed by atoms with Gasteiger partial charge in [-0.2, -0.15) is 0 Å². The molecule has 154 valence electrons. The summed E-state index contributed by atoms with van der Waals surface area (Å²) in [5.74, 6) is -0.353. The summed E-state index contributed by atoms with van der Waals surface area (Å²) in [5, 5.41) is 3.29. The highest BCUT2D eigenvalue weighted by Crippen LogP contribution is 2.37. The molecule has 2 aromatic heterocycles. The number of carbonyl (C=O) groups is 1. The number of anilines is 2. The summed E-state index contributed by atoms with van der Waals surface area (Å²) in [7, 11) is 0. The molecule has 6 nitrogen and oxygen atoms in total. The maximum atomic E-state index is 14.8. The quantitative estimate of drug-likeness (QED) is 0.676. The Balaban J connectivity index is 1.99. The summed E-state index contributed by atoms with van der Waals surface area (Å²) in [6.07, 6.45) is 4.02. The van der Waals surface area contributed by atoms with Gasteiger partial charge in [-0.25, -0.2) is 9.37 Å². The smallest absolute Gasteiger partial charge is 0.252 e. The second-order valence-corrected chi connectivity index (χ2v) is 7.29. The Morgan fingerprint density at radius 1 is 1.33 bits per heavy atom. The Kier molecular flexibility index (Phi) is 5.35. The number of rotatable bonds is 3. The van der Waals surface area contributed by atoms with Crippen molar-refractivity contribution in [3.63, 3.8) is 0 Å². The Labute approximate surface area is 174 Å². The molecule has 7 heteroatoms. The maximum absolute atomic E-state index is 14.8. The Bertz CT molecular complexity index is 1130. The molecular formula is C23H23FN4O2. The van der Waals surface area contributed by atoms with E-state index < -0.39 is 11.7 Å². The summed E-state index contributed by atoms with van der Waals surface area (Å²) in [4.78, 5) is 21.3. The highest BCUT2D eigenvalue weighted by atomic mass is 19.1. The molecule has 0 radical (unpaired) electrons. The van der Waals surface area contributed by atoms with Gasteiger partial charge in [-0.05, 0) is 48.7 Å². The van der Waals surface area contributed by atoms with Gasteiger partial charge in [-0.1, -0.05) is 19.4 Å². The first-order valence-corrected chi connectivity index (χ1v) is 9.96. The molecule has 2 bridgehead atoms. The molecule has 4 rings (SSSR count). The summed E-state index contributed by atoms with van der Waals surface area (Å²) >= 11 is 0. The number of nitrogens with two attached hydrogens (primary N) is 1. The number of halogens is 1. The minimum Gasteiger partial charge on any atom is -0.492 e. The van der Waals surface area contributed by atoms with Gasteiger partial charge in [0, 0.05) is 12.6 Å². The van der Waals surface area contributed by atoms with Gasteiger partial charge in [-0.15, -0.1) is 0 Å². The average Bonchev–Trinajstić information content (AvgIpc) is 2.73. The van der Waals surface area contributed by atoms with Crippen LogP contribution in [0.2, 0.25) is 0 Å². The third kappa shape index (κ3) is 3.58. The number of benzene rings is 1. The molecule has 1 aromatic carbocycles. The van der Waals surface area contributed by atoms with Crippen molar-refractivity contribution in [2.75, 3.05) is 11.9 Å². The number of carbonyl (C=O) groups excluding carboxylic acids is 1. The van der Waals surface area contributed by atoms with Crippen LogP contribution in [0.1, 0.15) is 40.5 Å². The van der Waals surface area contributed by atoms with Gasteiger partial charge in [0.2, 0.25) is 0 Å². The topological polar surface area (TPSA) is 90.1 Å². The minimum atomic E-state index is -0.609. The number of hydrogen-bond acceptors (Lipinski definition) is 5. The van der Waals surface area contributed by atoms with E-state index in [0.717, 1.165) is 29.8 Å². The molecule has 0 aliphatic carbocycles. The lowest BCUT2D eigenvalue weighted by atomic mass is 10.0. The number of nitrogens with one attached hydrogen (secondary N) is 1. The minimum absolute atomic E-state index is 0.242. The molecule has 1 aliphatic rings. The summed E-state index contributed by atoms with van der Waals surface area (Å²) in [5.41, 5.74) is 9.82. The first-order valence-electron chi connectivity index (χ1n) is 9.96. The maximum Gasteiger partial charge on any atom is 0.252 e. The van der Waals surface area contributed by atoms with Crippen LogP contribution in [-0.2, 0) is 12.8 Å². The molecule has 0 saturated heterocycles. The standard InChI is InChI=1S/C23H23FN4O2/c1-3-5-17-21-14(8-10-26-17)9-11-30-18-7-4-6-16(24)19(18)20-13(2)12-15(22(25)29)23(27-20)28-21/h4,6-8,10,12H,3,5,9,11H2,1-2H3,(H2,25,29)(H,27,28). The third-order valence-electron chi connectivity index (χ3n) is 5.17. The molecule has 3 heterocycles. The molecule has 0 unspecified atom stereocenters. The number of fused-ring (bicyclic) bond motifs is 5. The number of amides is 1. The van der Waals surface area contributed by atoms with Crippen LogP contribution < -0.4 is 15.8 Å². The Morgan fingerprint density at radius 2 is 2.17 bits per heavy atom. The fourth-order valence-electron chi connectivity index (χ4n) is 3.73. The number of nitrogens with zero attached hydrogens (tertiary/aromatic N) is 2. The van der Waals surface area contributed by atoms with E-state index in [1.54, 1.807) is 31.3 Å². The van der Waals surface area contributed by atoms with Gasteiger partial charge in [0.1, 0.15) is 17.4 Å². The van der Waals surface area contributed by atoms with Gasteiger partial charge >= 0.3 is 0 Å². The van der Waals surface area contributed by atoms with Gasteiger partial charge in [0.05, 0.1) is 34.8 Å². The van der Waals surface area contributed by atoms with Crippen molar-refractivity contribution in [2.24, 2.45) is 5.73 Å². The average molecular weight is 406 g/mol. The Hall–Kier alpha value is -3.48. The van der Waals surface area contributed by atoms with Crippen molar-refractivity contribution in [3.8, 4) is 17.0 Å². The van der Waals surface area contributed by atoms with Crippen LogP contribution >= 0.6 is 0 Å². The Morgan fingerprint density at radius 3 is 2.93 bits per heavy atom. The molecular weight excluding hydrogens is 383 g/mol. The SMILES string of the molecule is CCCc1nccc2c1Nc1nc(c(C)cc1C(N)=O)-c1c(F)cccc1OCC2. The number of aryl methyl sites for hydroxylation is 2. The van der Waals surface area contributed by atoms with Crippen LogP contribution in [0, 0.1) is 12.7 Å². The van der Waals surface area contributed by atoms with Crippen molar-refractivity contribution in [2.45, 2.75) is 33.1 Å². The second-order valence-electron chi connectivity index (χ2n) is 7.29. The molecule has 1 amide bonds. The van der Waals surface area contributed by atoms with Crippen LogP contribution in [0.15, 0.2) is 36.5 Å². The lowest BCUT2D eigenvalue weighted by Crippen LogP contribution is -2.16. The highest BCUT2D eigenvalue weighted by molar-refractivity contribution is 5.99. The van der Waals surface area contributed by atoms with E-state index in [4.69, 9.17) is 10.5 Å². The normalized spacial score (nSPS) is 12.6. The monoisotopic (exact) mass is 406 g/mol. The van der Waals surface area contributed by atoms with E-state index in [1.165, 1.54) is 6.07 Å². The van der Waals surface area contributed by atoms with Gasteiger partial charge < -0.3 is 15.8 Å². The fraction of sp³-hybridized carbons (Fsp3) is 0.261. The lowest BCUT2D eigenvalue weighted by molar-refractivity contribution is 0.100. The molecule has 0 spiro atoms. The van der Waals surface area contributed by atoms with Crippen molar-refractivity contribution >= 4 is 17.4 Å². The predicted octanol–water partition coefficient (Wildman–Crippen LogP) is 4.32. The first-order chi connectivity index (χ1) is 14.5. The molecule has 0 atom stereocenters. The highest BCUT2D eigenvalue weighted by Gasteiger charge is 2.23. The zero-order valence-electron chi connectivity index (χ0n) is 17.0. The van der Waals surface area contributed by atoms with Crippen LogP contribution in [0.25, 0.3) is 11.3 Å². The number of aromatic nitrogens is 2. The number of ether oxygens (including phenoxy) is 1. The summed E-state index contributed by atoms with van der Waals surface area (Å²) in [6, 6.07) is 8.25. The molecule has 3 N–H and O–H groups in total. The predicted molar refractivity (Wildman–Crippen MR) is 114 cm³/mol. The van der Waals surface area contributed by atoms with E-state index in [2.05, 4.69) is 22.2 Å². The molecule has 3 aromatic rings. The van der Waals surface area contributed by atoms with Crippen LogP contribution in [0.3, 0.4) is 0 Å². The van der Waals surface area contributed by atoms with Crippen molar-refractivity contribution in [3.05, 3.63) is 64.7 Å². The van der Waals surface area contributed by atoms with Gasteiger partial charge in [-0.3, -0.25) is 9.78 Å². The van der Waals surface area contributed by atoms with Gasteiger partial charge in [0.25, 0.3) is 5.91 Å². The largest absolute Gasteiger partial charge is 0.492 e. The van der Waals surface area contributed by atoms with Crippen molar-refractivity contribution in [1.29, 1.82) is 0 Å². The van der Waals surface area contributed by atoms with E-state index in [9.17, 15) is 9.18 Å². The zero-order valence-corrected chi connectivity index (χ0v) is 17.0. The molecule has 30 heavy (non-hydrogen) atoms. The summed E-state index contributed by atoms with van der Waals surface area (Å²) < 4.78 is 20.8. The van der Waals surface area contributed by atoms with Crippen LogP contribution in [-0.4, -0.2) is 22.5 Å². The molecule has 0 fully saturated rings. The van der Waals surface area contributed by atoms with Crippen molar-refractivity contribution in [1.82, 2.24) is 9.97 Å².